The van der Waals surface area contributed by atoms with E-state index in [0.29, 0.717) is 18.8 Å². The SMILES string of the molecule is C[C@H]1CCCC[C@H]1NC(=O)[C@@H]1CC=CC[C@@H]1C(=O)O. The average Bonchev–Trinajstić information content (AvgIpc) is 2.41. The summed E-state index contributed by atoms with van der Waals surface area (Å²) < 4.78 is 0. The van der Waals surface area contributed by atoms with Gasteiger partial charge >= 0.3 is 5.97 Å². The van der Waals surface area contributed by atoms with Gasteiger partial charge in [0.25, 0.3) is 0 Å². The number of carboxylic acids is 1. The number of amides is 1. The van der Waals surface area contributed by atoms with E-state index in [4.69, 9.17) is 0 Å². The molecule has 0 unspecified atom stereocenters. The minimum atomic E-state index is -0.860. The van der Waals surface area contributed by atoms with Gasteiger partial charge in [0.15, 0.2) is 0 Å². The van der Waals surface area contributed by atoms with Crippen LogP contribution in [-0.2, 0) is 9.59 Å². The van der Waals surface area contributed by atoms with Crippen LogP contribution in [0.15, 0.2) is 12.2 Å². The summed E-state index contributed by atoms with van der Waals surface area (Å²) in [6.45, 7) is 2.17. The molecule has 4 atom stereocenters. The number of carboxylic acid groups (broad SMARTS) is 1. The van der Waals surface area contributed by atoms with Gasteiger partial charge in [-0.15, -0.1) is 0 Å². The van der Waals surface area contributed by atoms with Gasteiger partial charge in [-0.25, -0.2) is 0 Å². The highest BCUT2D eigenvalue weighted by atomic mass is 16.4. The van der Waals surface area contributed by atoms with E-state index in [1.165, 1.54) is 6.42 Å². The average molecular weight is 265 g/mol. The van der Waals surface area contributed by atoms with E-state index in [-0.39, 0.29) is 11.9 Å². The van der Waals surface area contributed by atoms with Crippen LogP contribution in [0.2, 0.25) is 0 Å². The molecule has 2 rings (SSSR count). The molecule has 1 saturated carbocycles. The van der Waals surface area contributed by atoms with E-state index >= 15 is 0 Å². The van der Waals surface area contributed by atoms with Gasteiger partial charge in [-0.3, -0.25) is 9.59 Å². The molecule has 1 fully saturated rings. The lowest BCUT2D eigenvalue weighted by molar-refractivity contribution is -0.147. The van der Waals surface area contributed by atoms with E-state index in [2.05, 4.69) is 12.2 Å². The molecule has 0 aromatic carbocycles. The molecule has 2 aliphatic carbocycles. The van der Waals surface area contributed by atoms with Crippen molar-refractivity contribution in [3.8, 4) is 0 Å². The second-order valence-corrected chi connectivity index (χ2v) is 5.87. The van der Waals surface area contributed by atoms with Gasteiger partial charge in [0.2, 0.25) is 5.91 Å². The van der Waals surface area contributed by atoms with Crippen molar-refractivity contribution in [2.75, 3.05) is 0 Å². The molecule has 0 spiro atoms. The summed E-state index contributed by atoms with van der Waals surface area (Å²) in [5.41, 5.74) is 0. The fraction of sp³-hybridized carbons (Fsp3) is 0.733. The molecule has 2 N–H and O–H groups in total. The Balaban J connectivity index is 1.97. The molecule has 0 saturated heterocycles. The summed E-state index contributed by atoms with van der Waals surface area (Å²) in [6.07, 6.45) is 9.36. The fourth-order valence-corrected chi connectivity index (χ4v) is 3.20. The first-order valence-electron chi connectivity index (χ1n) is 7.27. The van der Waals surface area contributed by atoms with Crippen molar-refractivity contribution < 1.29 is 14.7 Å². The molecule has 4 nitrogen and oxygen atoms in total. The van der Waals surface area contributed by atoms with Crippen LogP contribution in [0, 0.1) is 17.8 Å². The van der Waals surface area contributed by atoms with Crippen molar-refractivity contribution in [2.24, 2.45) is 17.8 Å². The minimum absolute atomic E-state index is 0.0736. The Morgan fingerprint density at radius 3 is 2.37 bits per heavy atom. The monoisotopic (exact) mass is 265 g/mol. The molecular weight excluding hydrogens is 242 g/mol. The molecule has 19 heavy (non-hydrogen) atoms. The summed E-state index contributed by atoms with van der Waals surface area (Å²) in [7, 11) is 0. The molecule has 0 radical (unpaired) electrons. The first kappa shape index (κ1) is 14.1. The van der Waals surface area contributed by atoms with Crippen molar-refractivity contribution in [1.82, 2.24) is 5.32 Å². The Hall–Kier alpha value is -1.32. The van der Waals surface area contributed by atoms with E-state index < -0.39 is 17.8 Å². The molecule has 0 aromatic heterocycles. The predicted molar refractivity (Wildman–Crippen MR) is 72.6 cm³/mol. The number of carbonyl (C=O) groups excluding carboxylic acids is 1. The first-order valence-corrected chi connectivity index (χ1v) is 7.27. The van der Waals surface area contributed by atoms with Crippen molar-refractivity contribution in [3.63, 3.8) is 0 Å². The standard InChI is InChI=1S/C15H23NO3/c1-10-6-2-5-9-13(10)16-14(17)11-7-3-4-8-12(11)15(18)19/h3-4,10-13H,2,5-9H2,1H3,(H,16,17)(H,18,19)/t10-,11+,12-,13+/m0/s1. The number of hydrogen-bond donors (Lipinski definition) is 2. The topological polar surface area (TPSA) is 66.4 Å². The summed E-state index contributed by atoms with van der Waals surface area (Å²) in [5, 5.41) is 12.3. The lowest BCUT2D eigenvalue weighted by Crippen LogP contribution is -2.46. The molecule has 2 aliphatic rings. The molecule has 106 valence electrons. The molecular formula is C15H23NO3. The van der Waals surface area contributed by atoms with Gasteiger partial charge in [-0.2, -0.15) is 0 Å². The second kappa shape index (κ2) is 6.22. The maximum absolute atomic E-state index is 12.3. The quantitative estimate of drug-likeness (QED) is 0.770. The summed E-state index contributed by atoms with van der Waals surface area (Å²) in [6, 6.07) is 0.224. The number of hydrogen-bond acceptors (Lipinski definition) is 2. The maximum atomic E-state index is 12.3. The molecule has 0 bridgehead atoms. The van der Waals surface area contributed by atoms with Gasteiger partial charge in [-0.1, -0.05) is 31.9 Å². The zero-order valence-corrected chi connectivity index (χ0v) is 11.5. The number of nitrogens with one attached hydrogen (secondary N) is 1. The van der Waals surface area contributed by atoms with E-state index in [1.54, 1.807) is 0 Å². The van der Waals surface area contributed by atoms with Crippen LogP contribution < -0.4 is 5.32 Å². The third kappa shape index (κ3) is 3.37. The Morgan fingerprint density at radius 1 is 1.11 bits per heavy atom. The van der Waals surface area contributed by atoms with Gasteiger partial charge in [0, 0.05) is 6.04 Å². The number of rotatable bonds is 3. The van der Waals surface area contributed by atoms with Crippen molar-refractivity contribution in [1.29, 1.82) is 0 Å². The second-order valence-electron chi connectivity index (χ2n) is 5.87. The Kier molecular flexibility index (Phi) is 4.61. The van der Waals surface area contributed by atoms with Crippen LogP contribution in [0.5, 0.6) is 0 Å². The largest absolute Gasteiger partial charge is 0.481 e. The van der Waals surface area contributed by atoms with Gasteiger partial charge in [-0.05, 0) is 31.6 Å². The number of aliphatic carboxylic acids is 1. The highest BCUT2D eigenvalue weighted by Gasteiger charge is 2.35. The first-order chi connectivity index (χ1) is 9.09. The van der Waals surface area contributed by atoms with Crippen LogP contribution in [0.25, 0.3) is 0 Å². The number of allylic oxidation sites excluding steroid dienone is 2. The van der Waals surface area contributed by atoms with Gasteiger partial charge in [0.1, 0.15) is 0 Å². The smallest absolute Gasteiger partial charge is 0.307 e. The molecule has 0 heterocycles. The van der Waals surface area contributed by atoms with Crippen LogP contribution in [0.4, 0.5) is 0 Å². The van der Waals surface area contributed by atoms with Crippen LogP contribution in [-0.4, -0.2) is 23.0 Å². The lowest BCUT2D eigenvalue weighted by Gasteiger charge is -2.32. The van der Waals surface area contributed by atoms with Crippen molar-refractivity contribution in [3.05, 3.63) is 12.2 Å². The normalized spacial score (nSPS) is 34.8. The zero-order valence-electron chi connectivity index (χ0n) is 11.5. The van der Waals surface area contributed by atoms with Crippen LogP contribution in [0.1, 0.15) is 45.4 Å². The highest BCUT2D eigenvalue weighted by molar-refractivity contribution is 5.85. The Morgan fingerprint density at radius 2 is 1.74 bits per heavy atom. The third-order valence-corrected chi connectivity index (χ3v) is 4.53. The zero-order chi connectivity index (χ0) is 13.8. The Bertz CT molecular complexity index is 378. The molecule has 4 heteroatoms. The molecule has 0 aliphatic heterocycles. The number of carbonyl (C=O) groups is 2. The van der Waals surface area contributed by atoms with Gasteiger partial charge in [0.05, 0.1) is 11.8 Å². The lowest BCUT2D eigenvalue weighted by atomic mass is 9.81. The highest BCUT2D eigenvalue weighted by Crippen LogP contribution is 2.28. The maximum Gasteiger partial charge on any atom is 0.307 e. The van der Waals surface area contributed by atoms with Crippen molar-refractivity contribution >= 4 is 11.9 Å². The van der Waals surface area contributed by atoms with E-state index in [0.717, 1.165) is 19.3 Å². The molecule has 0 aromatic rings. The van der Waals surface area contributed by atoms with E-state index in [9.17, 15) is 14.7 Å². The van der Waals surface area contributed by atoms with Crippen LogP contribution >= 0.6 is 0 Å². The predicted octanol–water partition coefficient (Wildman–Crippen LogP) is 2.35. The van der Waals surface area contributed by atoms with Crippen LogP contribution in [0.3, 0.4) is 0 Å². The van der Waals surface area contributed by atoms with Gasteiger partial charge < -0.3 is 10.4 Å². The summed E-state index contributed by atoms with van der Waals surface area (Å²) in [5.74, 6) is -1.41. The molecule has 1 amide bonds. The Labute approximate surface area is 114 Å². The summed E-state index contributed by atoms with van der Waals surface area (Å²) >= 11 is 0. The summed E-state index contributed by atoms with van der Waals surface area (Å²) in [4.78, 5) is 23.5. The third-order valence-electron chi connectivity index (χ3n) is 4.53. The van der Waals surface area contributed by atoms with Crippen molar-refractivity contribution in [2.45, 2.75) is 51.5 Å². The minimum Gasteiger partial charge on any atom is -0.481 e. The van der Waals surface area contributed by atoms with E-state index in [1.807, 2.05) is 12.2 Å². The fourth-order valence-electron chi connectivity index (χ4n) is 3.20.